The monoisotopic (exact) mass is 552 g/mol. The highest BCUT2D eigenvalue weighted by Gasteiger charge is 1.60. The van der Waals surface area contributed by atoms with E-state index in [9.17, 15) is 0 Å². The lowest BCUT2D eigenvalue weighted by atomic mass is 10.5. The third-order valence-electron chi connectivity index (χ3n) is 1.82. The Hall–Kier alpha value is -2.86. The van der Waals surface area contributed by atoms with E-state index in [0.29, 0.717) is 0 Å². The van der Waals surface area contributed by atoms with E-state index in [-0.39, 0.29) is 0 Å². The van der Waals surface area contributed by atoms with Crippen LogP contribution >= 0.6 is 11.3 Å². The van der Waals surface area contributed by atoms with E-state index in [0.717, 1.165) is 0 Å². The zero-order valence-electron chi connectivity index (χ0n) is 27.8. The van der Waals surface area contributed by atoms with E-state index in [4.69, 9.17) is 0 Å². The van der Waals surface area contributed by atoms with E-state index in [1.165, 1.54) is 19.0 Å². The lowest BCUT2D eigenvalue weighted by Gasteiger charge is -1.70. The van der Waals surface area contributed by atoms with Gasteiger partial charge in [-0.2, -0.15) is 11.3 Å². The Balaban J connectivity index is -0.0000000450. The van der Waals surface area contributed by atoms with Crippen LogP contribution < -0.4 is 0 Å². The van der Waals surface area contributed by atoms with Gasteiger partial charge in [0.25, 0.3) is 0 Å². The summed E-state index contributed by atoms with van der Waals surface area (Å²) in [5, 5.41) is 4.08. The number of nitrogens with zero attached hydrogens (tertiary/aromatic N) is 4. The second-order valence-corrected chi connectivity index (χ2v) is 4.21. The van der Waals surface area contributed by atoms with Gasteiger partial charge < -0.3 is 4.42 Å². The van der Waals surface area contributed by atoms with E-state index in [2.05, 4.69) is 24.4 Å². The number of oxazole rings is 1. The molecule has 0 saturated heterocycles. The van der Waals surface area contributed by atoms with Gasteiger partial charge in [-0.1, -0.05) is 129 Å². The summed E-state index contributed by atoms with van der Waals surface area (Å²) in [5.41, 5.74) is 0. The first-order chi connectivity index (χ1) is 19.0. The van der Waals surface area contributed by atoms with Gasteiger partial charge in [-0.3, -0.25) is 4.98 Å². The molecule has 4 heterocycles. The van der Waals surface area contributed by atoms with E-state index in [1.54, 1.807) is 48.4 Å². The molecule has 0 aliphatic rings. The first kappa shape index (κ1) is 55.6. The van der Waals surface area contributed by atoms with Crippen molar-refractivity contribution in [2.45, 2.75) is 111 Å². The summed E-state index contributed by atoms with van der Waals surface area (Å²) >= 11 is 1.71. The van der Waals surface area contributed by atoms with Crippen LogP contribution in [0.2, 0.25) is 0 Å². The standard InChI is InChI=1S/C5H5N.C4H4N2.C4H4S.C3H3NO.8C2H6/c1-2-4-6-5-3-1;1-2-5-4-6-3-1;1-2-4-5-3-1;1-2-5-3-4-1;8*1-2/h1-5H;1-4H;1-4H;1-3H;8*1-2H3. The lowest BCUT2D eigenvalue weighted by molar-refractivity contribution is 0.558. The third-order valence-corrected chi connectivity index (χ3v) is 2.45. The Kier molecular flexibility index (Phi) is 150. The number of thiophene rings is 1. The highest BCUT2D eigenvalue weighted by molar-refractivity contribution is 7.07. The van der Waals surface area contributed by atoms with Gasteiger partial charge in [0.15, 0.2) is 6.39 Å². The van der Waals surface area contributed by atoms with Gasteiger partial charge in [0, 0.05) is 24.8 Å². The van der Waals surface area contributed by atoms with Crippen molar-refractivity contribution < 1.29 is 4.42 Å². The van der Waals surface area contributed by atoms with Gasteiger partial charge in [0.05, 0.1) is 6.20 Å². The largest absolute Gasteiger partial charge is 0.452 e. The van der Waals surface area contributed by atoms with Crippen LogP contribution in [0.4, 0.5) is 0 Å². The number of aromatic nitrogens is 4. The van der Waals surface area contributed by atoms with Crippen molar-refractivity contribution in [2.24, 2.45) is 0 Å². The molecule has 0 aromatic carbocycles. The van der Waals surface area contributed by atoms with Crippen LogP contribution in [-0.2, 0) is 0 Å². The maximum Gasteiger partial charge on any atom is 0.180 e. The predicted molar refractivity (Wildman–Crippen MR) is 178 cm³/mol. The van der Waals surface area contributed by atoms with Crippen molar-refractivity contribution in [3.05, 3.63) is 97.1 Å². The van der Waals surface area contributed by atoms with Crippen LogP contribution in [0.25, 0.3) is 0 Å². The third kappa shape index (κ3) is 93.4. The van der Waals surface area contributed by atoms with Crippen molar-refractivity contribution in [2.75, 3.05) is 0 Å². The molecular weight excluding hydrogens is 488 g/mol. The van der Waals surface area contributed by atoms with Crippen molar-refractivity contribution in [1.82, 2.24) is 19.9 Å². The zero-order valence-corrected chi connectivity index (χ0v) is 28.7. The van der Waals surface area contributed by atoms with Crippen LogP contribution in [0.15, 0.2) is 102 Å². The minimum Gasteiger partial charge on any atom is -0.452 e. The maximum atomic E-state index is 4.47. The number of pyridine rings is 1. The van der Waals surface area contributed by atoms with Crippen LogP contribution in [-0.4, -0.2) is 19.9 Å². The van der Waals surface area contributed by atoms with Gasteiger partial charge in [0.1, 0.15) is 12.6 Å². The fraction of sp³-hybridized carbons (Fsp3) is 0.500. The highest BCUT2D eigenvalue weighted by atomic mass is 32.1. The summed E-state index contributed by atoms with van der Waals surface area (Å²) in [6.07, 6.45) is 12.8. The average molecular weight is 553 g/mol. The van der Waals surface area contributed by atoms with Gasteiger partial charge in [-0.05, 0) is 29.0 Å². The Bertz CT molecular complexity index is 461. The first-order valence-electron chi connectivity index (χ1n) is 14.3. The smallest absolute Gasteiger partial charge is 0.180 e. The molecule has 0 saturated carbocycles. The quantitative estimate of drug-likeness (QED) is 0.217. The van der Waals surface area contributed by atoms with Crippen molar-refractivity contribution in [3.8, 4) is 0 Å². The Morgan fingerprint density at radius 3 is 0.895 bits per heavy atom. The molecule has 4 rings (SSSR count). The van der Waals surface area contributed by atoms with Gasteiger partial charge in [0.2, 0.25) is 0 Å². The topological polar surface area (TPSA) is 64.7 Å². The van der Waals surface area contributed by atoms with Crippen molar-refractivity contribution in [1.29, 1.82) is 0 Å². The maximum absolute atomic E-state index is 4.47. The van der Waals surface area contributed by atoms with Gasteiger partial charge >= 0.3 is 0 Å². The van der Waals surface area contributed by atoms with E-state index < -0.39 is 0 Å². The fourth-order valence-corrected chi connectivity index (χ4v) is 1.42. The molecule has 0 radical (unpaired) electrons. The number of rotatable bonds is 0. The Morgan fingerprint density at radius 1 is 0.395 bits per heavy atom. The van der Waals surface area contributed by atoms with Crippen molar-refractivity contribution >= 4 is 11.3 Å². The molecule has 0 N–H and O–H groups in total. The summed E-state index contributed by atoms with van der Waals surface area (Å²) in [6.45, 7) is 32.0. The Morgan fingerprint density at radius 2 is 0.789 bits per heavy atom. The second-order valence-electron chi connectivity index (χ2n) is 3.40. The van der Waals surface area contributed by atoms with Gasteiger partial charge in [-0.25, -0.2) is 15.0 Å². The summed E-state index contributed by atoms with van der Waals surface area (Å²) in [4.78, 5) is 14.7. The average Bonchev–Trinajstić information content (AvgIpc) is 3.88. The molecule has 0 spiro atoms. The second kappa shape index (κ2) is 102. The lowest BCUT2D eigenvalue weighted by Crippen LogP contribution is -1.66. The van der Waals surface area contributed by atoms with Crippen LogP contribution in [0, 0.1) is 0 Å². The molecule has 4 aromatic rings. The molecule has 0 aliphatic carbocycles. The summed E-state index contributed by atoms with van der Waals surface area (Å²) < 4.78 is 4.47. The molecule has 4 aromatic heterocycles. The molecule has 6 heteroatoms. The molecular formula is C32H64N4OS. The van der Waals surface area contributed by atoms with Gasteiger partial charge in [-0.15, -0.1) is 0 Å². The van der Waals surface area contributed by atoms with E-state index >= 15 is 0 Å². The Labute approximate surface area is 243 Å². The van der Waals surface area contributed by atoms with Crippen molar-refractivity contribution in [3.63, 3.8) is 0 Å². The zero-order chi connectivity index (χ0) is 31.6. The normalized spacial score (nSPS) is 5.89. The van der Waals surface area contributed by atoms with E-state index in [1.807, 2.05) is 152 Å². The molecule has 0 amide bonds. The summed E-state index contributed by atoms with van der Waals surface area (Å²) in [6, 6.07) is 11.5. The molecule has 5 nitrogen and oxygen atoms in total. The molecule has 224 valence electrons. The molecule has 0 fully saturated rings. The SMILES string of the molecule is CC.CC.CC.CC.CC.CC.CC.CC.c1ccncc1.c1ccsc1.c1cncnc1.c1cocn1. The molecule has 0 bridgehead atoms. The highest BCUT2D eigenvalue weighted by Crippen LogP contribution is 1.91. The minimum absolute atomic E-state index is 1.38. The molecule has 0 unspecified atom stereocenters. The summed E-state index contributed by atoms with van der Waals surface area (Å²) in [7, 11) is 0. The van der Waals surface area contributed by atoms with Crippen LogP contribution in [0.1, 0.15) is 111 Å². The predicted octanol–water partition coefficient (Wildman–Crippen LogP) is 12.2. The first-order valence-corrected chi connectivity index (χ1v) is 15.3. The number of hydrogen-bond donors (Lipinski definition) is 0. The molecule has 0 atom stereocenters. The van der Waals surface area contributed by atoms with Crippen LogP contribution in [0.5, 0.6) is 0 Å². The minimum atomic E-state index is 1.38. The summed E-state index contributed by atoms with van der Waals surface area (Å²) in [5.74, 6) is 0. The molecule has 38 heavy (non-hydrogen) atoms. The number of hydrogen-bond acceptors (Lipinski definition) is 6. The molecule has 0 aliphatic heterocycles. The van der Waals surface area contributed by atoms with Crippen LogP contribution in [0.3, 0.4) is 0 Å². The fourth-order valence-electron chi connectivity index (χ4n) is 0.968.